The average molecular weight is 431 g/mol. The molecule has 0 saturated carbocycles. The minimum Gasteiger partial charge on any atom is -0.494 e. The molecule has 0 atom stereocenters. The third-order valence-electron chi connectivity index (χ3n) is 6.95. The second-order valence-electron chi connectivity index (χ2n) is 9.49. The van der Waals surface area contributed by atoms with Crippen molar-refractivity contribution in [1.29, 1.82) is 0 Å². The standard InChI is InChI=1S/C25H42N4O2/c1-5-31-22-11-9-21(10-12-22)25(13-17-30-18-14-25)20-28-23(26-4)27-19-24(2,3)29-15-7-6-8-16-29/h9-12H,5-8,13-20H2,1-4H3,(H2,26,27,28). The number of ether oxygens (including phenoxy) is 2. The lowest BCUT2D eigenvalue weighted by Gasteiger charge is -2.41. The Kier molecular flexibility index (Phi) is 8.61. The molecule has 6 heteroatoms. The van der Waals surface area contributed by atoms with Gasteiger partial charge in [0, 0.05) is 44.3 Å². The molecule has 6 nitrogen and oxygen atoms in total. The van der Waals surface area contributed by atoms with Crippen LogP contribution in [0.1, 0.15) is 58.4 Å². The molecule has 1 aromatic rings. The highest BCUT2D eigenvalue weighted by atomic mass is 16.5. The fourth-order valence-electron chi connectivity index (χ4n) is 4.79. The Bertz CT molecular complexity index is 690. The number of piperidine rings is 1. The number of nitrogens with zero attached hydrogens (tertiary/aromatic N) is 2. The number of guanidine groups is 1. The molecule has 2 N–H and O–H groups in total. The Labute approximate surface area is 188 Å². The highest BCUT2D eigenvalue weighted by Crippen LogP contribution is 2.35. The van der Waals surface area contributed by atoms with E-state index < -0.39 is 0 Å². The molecule has 0 amide bonds. The van der Waals surface area contributed by atoms with Gasteiger partial charge in [0.1, 0.15) is 5.75 Å². The molecular formula is C25H42N4O2. The SMILES string of the molecule is CCOc1ccc(C2(CNC(=NC)NCC(C)(C)N3CCCCC3)CCOCC2)cc1. The lowest BCUT2D eigenvalue weighted by molar-refractivity contribution is 0.0513. The topological polar surface area (TPSA) is 58.1 Å². The van der Waals surface area contributed by atoms with Gasteiger partial charge < -0.3 is 20.1 Å². The molecule has 3 rings (SSSR count). The van der Waals surface area contributed by atoms with E-state index in [0.717, 1.165) is 50.9 Å². The lowest BCUT2D eigenvalue weighted by Crippen LogP contribution is -2.56. The van der Waals surface area contributed by atoms with Gasteiger partial charge in [-0.05, 0) is 77.2 Å². The summed E-state index contributed by atoms with van der Waals surface area (Å²) in [6.07, 6.45) is 5.99. The van der Waals surface area contributed by atoms with Gasteiger partial charge in [0.15, 0.2) is 5.96 Å². The second-order valence-corrected chi connectivity index (χ2v) is 9.49. The molecule has 0 spiro atoms. The zero-order valence-corrected chi connectivity index (χ0v) is 20.0. The minimum atomic E-state index is 0.0446. The highest BCUT2D eigenvalue weighted by Gasteiger charge is 2.35. The fraction of sp³-hybridized carbons (Fsp3) is 0.720. The predicted octanol–water partition coefficient (Wildman–Crippen LogP) is 3.56. The van der Waals surface area contributed by atoms with Gasteiger partial charge in [-0.25, -0.2) is 0 Å². The third-order valence-corrected chi connectivity index (χ3v) is 6.95. The summed E-state index contributed by atoms with van der Waals surface area (Å²) in [7, 11) is 1.86. The number of rotatable bonds is 8. The fourth-order valence-corrected chi connectivity index (χ4v) is 4.79. The molecule has 1 aromatic carbocycles. The summed E-state index contributed by atoms with van der Waals surface area (Å²) in [5.74, 6) is 1.81. The quantitative estimate of drug-likeness (QED) is 0.488. The van der Waals surface area contributed by atoms with E-state index in [1.807, 2.05) is 14.0 Å². The summed E-state index contributed by atoms with van der Waals surface area (Å²) in [5.41, 5.74) is 1.50. The van der Waals surface area contributed by atoms with Gasteiger partial charge in [0.25, 0.3) is 0 Å². The Hall–Kier alpha value is -1.79. The zero-order chi connectivity index (χ0) is 22.2. The van der Waals surface area contributed by atoms with E-state index in [9.17, 15) is 0 Å². The molecule has 0 aromatic heterocycles. The first-order chi connectivity index (χ1) is 15.0. The smallest absolute Gasteiger partial charge is 0.191 e. The van der Waals surface area contributed by atoms with Crippen molar-refractivity contribution >= 4 is 5.96 Å². The van der Waals surface area contributed by atoms with Crippen LogP contribution in [-0.2, 0) is 10.2 Å². The van der Waals surface area contributed by atoms with E-state index in [2.05, 4.69) is 58.6 Å². The van der Waals surface area contributed by atoms with Crippen LogP contribution >= 0.6 is 0 Å². The largest absolute Gasteiger partial charge is 0.494 e. The maximum Gasteiger partial charge on any atom is 0.191 e. The van der Waals surface area contributed by atoms with E-state index in [1.54, 1.807) is 0 Å². The Morgan fingerprint density at radius 2 is 1.77 bits per heavy atom. The van der Waals surface area contributed by atoms with Crippen LogP contribution in [0.3, 0.4) is 0 Å². The Morgan fingerprint density at radius 3 is 2.39 bits per heavy atom. The maximum atomic E-state index is 5.70. The first-order valence-corrected chi connectivity index (χ1v) is 12.0. The van der Waals surface area contributed by atoms with Crippen LogP contribution in [0.5, 0.6) is 5.75 Å². The normalized spacial score (nSPS) is 20.3. The van der Waals surface area contributed by atoms with Gasteiger partial charge in [0.2, 0.25) is 0 Å². The van der Waals surface area contributed by atoms with E-state index in [1.165, 1.54) is 37.9 Å². The van der Waals surface area contributed by atoms with Crippen LogP contribution in [0.2, 0.25) is 0 Å². The summed E-state index contributed by atoms with van der Waals surface area (Å²) in [6.45, 7) is 13.1. The third kappa shape index (κ3) is 6.36. The molecule has 0 radical (unpaired) electrons. The van der Waals surface area contributed by atoms with Crippen molar-refractivity contribution in [2.75, 3.05) is 53.0 Å². The number of hydrogen-bond donors (Lipinski definition) is 2. The van der Waals surface area contributed by atoms with Crippen LogP contribution in [-0.4, -0.2) is 69.4 Å². The van der Waals surface area contributed by atoms with Gasteiger partial charge in [0.05, 0.1) is 6.61 Å². The minimum absolute atomic E-state index is 0.0446. The van der Waals surface area contributed by atoms with Crippen molar-refractivity contribution in [3.63, 3.8) is 0 Å². The van der Waals surface area contributed by atoms with Crippen LogP contribution in [0.4, 0.5) is 0 Å². The molecule has 0 aliphatic carbocycles. The van der Waals surface area contributed by atoms with E-state index in [4.69, 9.17) is 9.47 Å². The summed E-state index contributed by atoms with van der Waals surface area (Å²) in [4.78, 5) is 7.12. The molecule has 2 fully saturated rings. The first-order valence-electron chi connectivity index (χ1n) is 12.0. The van der Waals surface area contributed by atoms with Crippen LogP contribution < -0.4 is 15.4 Å². The molecule has 2 saturated heterocycles. The molecule has 2 aliphatic rings. The van der Waals surface area contributed by atoms with Gasteiger partial charge in [-0.2, -0.15) is 0 Å². The number of hydrogen-bond acceptors (Lipinski definition) is 4. The molecule has 174 valence electrons. The van der Waals surface area contributed by atoms with Crippen molar-refractivity contribution in [2.45, 2.75) is 63.8 Å². The summed E-state index contributed by atoms with van der Waals surface area (Å²) in [5, 5.41) is 7.21. The van der Waals surface area contributed by atoms with Crippen LogP contribution in [0, 0.1) is 0 Å². The van der Waals surface area contributed by atoms with Crippen molar-refractivity contribution in [2.24, 2.45) is 4.99 Å². The molecule has 0 bridgehead atoms. The number of benzene rings is 1. The molecule has 31 heavy (non-hydrogen) atoms. The second kappa shape index (κ2) is 11.2. The van der Waals surface area contributed by atoms with Crippen LogP contribution in [0.25, 0.3) is 0 Å². The number of aliphatic imine (C=N–C) groups is 1. The van der Waals surface area contributed by atoms with Crippen molar-refractivity contribution in [3.05, 3.63) is 29.8 Å². The summed E-state index contributed by atoms with van der Waals surface area (Å²) < 4.78 is 11.3. The number of likely N-dealkylation sites (tertiary alicyclic amines) is 1. The lowest BCUT2D eigenvalue weighted by atomic mass is 9.74. The highest BCUT2D eigenvalue weighted by molar-refractivity contribution is 5.79. The van der Waals surface area contributed by atoms with Gasteiger partial charge in [-0.15, -0.1) is 0 Å². The molecule has 2 heterocycles. The van der Waals surface area contributed by atoms with Crippen LogP contribution in [0.15, 0.2) is 29.3 Å². The molecule has 2 aliphatic heterocycles. The average Bonchev–Trinajstić information content (AvgIpc) is 2.81. The Morgan fingerprint density at radius 1 is 1.10 bits per heavy atom. The number of nitrogens with one attached hydrogen (secondary N) is 2. The van der Waals surface area contributed by atoms with Crippen molar-refractivity contribution in [1.82, 2.24) is 15.5 Å². The Balaban J connectivity index is 1.61. The predicted molar refractivity (Wildman–Crippen MR) is 128 cm³/mol. The van der Waals surface area contributed by atoms with Crippen molar-refractivity contribution in [3.8, 4) is 5.75 Å². The van der Waals surface area contributed by atoms with Gasteiger partial charge in [-0.1, -0.05) is 18.6 Å². The maximum absolute atomic E-state index is 5.70. The summed E-state index contributed by atoms with van der Waals surface area (Å²) in [6, 6.07) is 8.61. The van der Waals surface area contributed by atoms with E-state index in [-0.39, 0.29) is 11.0 Å². The van der Waals surface area contributed by atoms with E-state index in [0.29, 0.717) is 6.61 Å². The first kappa shape index (κ1) is 23.9. The monoisotopic (exact) mass is 430 g/mol. The van der Waals surface area contributed by atoms with Gasteiger partial charge in [-0.3, -0.25) is 9.89 Å². The van der Waals surface area contributed by atoms with E-state index >= 15 is 0 Å². The molecule has 0 unspecified atom stereocenters. The van der Waals surface area contributed by atoms with Crippen molar-refractivity contribution < 1.29 is 9.47 Å². The van der Waals surface area contributed by atoms with Gasteiger partial charge >= 0.3 is 0 Å². The summed E-state index contributed by atoms with van der Waals surface area (Å²) >= 11 is 0. The zero-order valence-electron chi connectivity index (χ0n) is 20.0. The molecular weight excluding hydrogens is 388 g/mol.